The molecule has 1 aliphatic rings. The lowest BCUT2D eigenvalue weighted by Gasteiger charge is -2.28. The van der Waals surface area contributed by atoms with Gasteiger partial charge in [0.25, 0.3) is 5.91 Å². The maximum absolute atomic E-state index is 12.7. The molecule has 1 amide bonds. The summed E-state index contributed by atoms with van der Waals surface area (Å²) in [6, 6.07) is 4.47. The highest BCUT2D eigenvalue weighted by Crippen LogP contribution is 2.31. The van der Waals surface area contributed by atoms with Crippen molar-refractivity contribution in [3.8, 4) is 0 Å². The van der Waals surface area contributed by atoms with E-state index in [1.54, 1.807) is 19.9 Å². The summed E-state index contributed by atoms with van der Waals surface area (Å²) in [5, 5.41) is 2.03. The first kappa shape index (κ1) is 26.5. The fourth-order valence-electron chi connectivity index (χ4n) is 3.26. The van der Waals surface area contributed by atoms with Crippen LogP contribution in [0, 0.1) is 5.92 Å². The highest BCUT2D eigenvalue weighted by atomic mass is 35.5. The van der Waals surface area contributed by atoms with Gasteiger partial charge < -0.3 is 14.6 Å². The van der Waals surface area contributed by atoms with Crippen LogP contribution in [0.4, 0.5) is 0 Å². The number of nitrogens with one attached hydrogen (secondary N) is 1. The van der Waals surface area contributed by atoms with Gasteiger partial charge in [0.2, 0.25) is 0 Å². The molecular formula is C21H26BCl2NO6S. The Bertz CT molecular complexity index is 862. The van der Waals surface area contributed by atoms with Crippen LogP contribution >= 0.6 is 35.0 Å². The summed E-state index contributed by atoms with van der Waals surface area (Å²) in [4.78, 5) is 49.7. The predicted octanol–water partition coefficient (Wildman–Crippen LogP) is 4.20. The summed E-state index contributed by atoms with van der Waals surface area (Å²) < 4.78 is 10.9. The maximum Gasteiger partial charge on any atom is 0.602 e. The standard InChI is InChI=1S/C21H26BCl2NO6S/c1-11(2)7-14(22-30-20(28)12(3)32-13(4)21(29)31-22)8-16(26)10-25-19(27)17-9-15(23)5-6-18(17)24/h5-6,9,11-14H,7-8,10H2,1-4H3,(H,25,27)/t12-,13+,14-/m1/s1. The van der Waals surface area contributed by atoms with Crippen LogP contribution in [-0.4, -0.2) is 47.8 Å². The normalized spacial score (nSPS) is 20.2. The van der Waals surface area contributed by atoms with Crippen LogP contribution in [0.25, 0.3) is 0 Å². The topological polar surface area (TPSA) is 98.8 Å². The van der Waals surface area contributed by atoms with Crippen LogP contribution in [0.3, 0.4) is 0 Å². The summed E-state index contributed by atoms with van der Waals surface area (Å²) in [6.45, 7) is 6.98. The van der Waals surface area contributed by atoms with Crippen molar-refractivity contribution in [2.45, 2.75) is 56.9 Å². The van der Waals surface area contributed by atoms with Crippen molar-refractivity contribution in [1.29, 1.82) is 0 Å². The van der Waals surface area contributed by atoms with Crippen molar-refractivity contribution < 1.29 is 28.5 Å². The fraction of sp³-hybridized carbons (Fsp3) is 0.524. The molecule has 0 unspecified atom stereocenters. The summed E-state index contributed by atoms with van der Waals surface area (Å²) in [5.74, 6) is -2.21. The molecule has 1 aromatic carbocycles. The molecule has 7 nitrogen and oxygen atoms in total. The lowest BCUT2D eigenvalue weighted by Crippen LogP contribution is -2.43. The quantitative estimate of drug-likeness (QED) is 0.533. The number of carbonyl (C=O) groups is 4. The molecule has 0 radical (unpaired) electrons. The van der Waals surface area contributed by atoms with E-state index in [4.69, 9.17) is 32.5 Å². The van der Waals surface area contributed by atoms with E-state index in [1.165, 1.54) is 12.1 Å². The average Bonchev–Trinajstić information content (AvgIpc) is 2.71. The molecule has 0 saturated carbocycles. The number of thioether (sulfide) groups is 1. The number of hydrogen-bond donors (Lipinski definition) is 1. The van der Waals surface area contributed by atoms with Gasteiger partial charge in [-0.25, -0.2) is 0 Å². The summed E-state index contributed by atoms with van der Waals surface area (Å²) >= 11 is 13.1. The third-order valence-electron chi connectivity index (χ3n) is 4.80. The van der Waals surface area contributed by atoms with Crippen molar-refractivity contribution in [1.82, 2.24) is 5.32 Å². The first-order valence-electron chi connectivity index (χ1n) is 10.3. The molecule has 3 atom stereocenters. The summed E-state index contributed by atoms with van der Waals surface area (Å²) in [7, 11) is -1.16. The minimum absolute atomic E-state index is 0.0388. The van der Waals surface area contributed by atoms with Crippen molar-refractivity contribution in [3.05, 3.63) is 33.8 Å². The van der Waals surface area contributed by atoms with Crippen LogP contribution in [0.2, 0.25) is 15.9 Å². The SMILES string of the molecule is CC(C)C[C@H](CC(=O)CNC(=O)c1cc(Cl)ccc1Cl)B1OC(=O)[C@H](C)S[C@H](C)C(=O)O1. The van der Waals surface area contributed by atoms with Gasteiger partial charge in [0.15, 0.2) is 5.78 Å². The molecule has 174 valence electrons. The number of amides is 1. The maximum atomic E-state index is 12.7. The Hall–Kier alpha value is -1.71. The number of hydrogen-bond acceptors (Lipinski definition) is 7. The molecule has 0 aliphatic carbocycles. The van der Waals surface area contributed by atoms with Gasteiger partial charge in [-0.2, -0.15) is 0 Å². The van der Waals surface area contributed by atoms with Gasteiger partial charge in [-0.05, 0) is 44.4 Å². The van der Waals surface area contributed by atoms with Crippen LogP contribution < -0.4 is 5.32 Å². The minimum Gasteiger partial charge on any atom is -0.498 e. The molecule has 1 aromatic rings. The monoisotopic (exact) mass is 501 g/mol. The van der Waals surface area contributed by atoms with Crippen molar-refractivity contribution in [2.75, 3.05) is 6.54 Å². The second kappa shape index (κ2) is 12.0. The minimum atomic E-state index is -1.16. The van der Waals surface area contributed by atoms with Crippen LogP contribution in [-0.2, 0) is 23.7 Å². The Morgan fingerprint density at radius 2 is 1.72 bits per heavy atom. The first-order valence-corrected chi connectivity index (χ1v) is 12.0. The number of rotatable bonds is 8. The van der Waals surface area contributed by atoms with E-state index < -0.39 is 41.3 Å². The third kappa shape index (κ3) is 7.71. The molecular weight excluding hydrogens is 476 g/mol. The second-order valence-corrected chi connectivity index (χ2v) is 10.6. The number of ketones is 1. The first-order chi connectivity index (χ1) is 15.0. The zero-order valence-corrected chi connectivity index (χ0v) is 20.7. The molecule has 1 aliphatic heterocycles. The molecule has 32 heavy (non-hydrogen) atoms. The zero-order valence-electron chi connectivity index (χ0n) is 18.4. The van der Waals surface area contributed by atoms with Gasteiger partial charge in [0, 0.05) is 17.3 Å². The average molecular weight is 502 g/mol. The molecule has 0 spiro atoms. The predicted molar refractivity (Wildman–Crippen MR) is 126 cm³/mol. The number of halogens is 2. The van der Waals surface area contributed by atoms with Crippen LogP contribution in [0.5, 0.6) is 0 Å². The number of Topliss-reactive ketones (excluding diaryl/α,β-unsaturated/α-hetero) is 1. The van der Waals surface area contributed by atoms with E-state index >= 15 is 0 Å². The largest absolute Gasteiger partial charge is 0.602 e. The van der Waals surface area contributed by atoms with E-state index in [2.05, 4.69) is 5.32 Å². The molecule has 1 fully saturated rings. The van der Waals surface area contributed by atoms with Gasteiger partial charge in [0.1, 0.15) is 0 Å². The van der Waals surface area contributed by atoms with E-state index in [0.29, 0.717) is 11.4 Å². The highest BCUT2D eigenvalue weighted by Gasteiger charge is 2.43. The van der Waals surface area contributed by atoms with E-state index in [1.807, 2.05) is 13.8 Å². The lowest BCUT2D eigenvalue weighted by molar-refractivity contribution is -0.141. The van der Waals surface area contributed by atoms with Gasteiger partial charge in [-0.3, -0.25) is 19.2 Å². The van der Waals surface area contributed by atoms with Gasteiger partial charge in [0.05, 0.1) is 27.6 Å². The van der Waals surface area contributed by atoms with E-state index in [0.717, 1.165) is 11.8 Å². The lowest BCUT2D eigenvalue weighted by atomic mass is 9.65. The highest BCUT2D eigenvalue weighted by molar-refractivity contribution is 8.01. The van der Waals surface area contributed by atoms with Crippen molar-refractivity contribution in [2.24, 2.45) is 5.92 Å². The number of carbonyl (C=O) groups excluding carboxylic acids is 4. The second-order valence-electron chi connectivity index (χ2n) is 8.10. The Morgan fingerprint density at radius 1 is 1.12 bits per heavy atom. The van der Waals surface area contributed by atoms with E-state index in [-0.39, 0.29) is 35.3 Å². The molecule has 0 bridgehead atoms. The molecule has 11 heteroatoms. The fourth-order valence-corrected chi connectivity index (χ4v) is 4.58. The van der Waals surface area contributed by atoms with Crippen LogP contribution in [0.15, 0.2) is 18.2 Å². The van der Waals surface area contributed by atoms with Gasteiger partial charge in [-0.15, -0.1) is 11.8 Å². The van der Waals surface area contributed by atoms with Crippen molar-refractivity contribution in [3.63, 3.8) is 0 Å². The van der Waals surface area contributed by atoms with Crippen LogP contribution in [0.1, 0.15) is 50.9 Å². The Morgan fingerprint density at radius 3 is 2.28 bits per heavy atom. The Labute approximate surface area is 202 Å². The van der Waals surface area contributed by atoms with Gasteiger partial charge >= 0.3 is 19.1 Å². The smallest absolute Gasteiger partial charge is 0.498 e. The van der Waals surface area contributed by atoms with Crippen molar-refractivity contribution >= 4 is 65.7 Å². The van der Waals surface area contributed by atoms with E-state index in [9.17, 15) is 19.2 Å². The van der Waals surface area contributed by atoms with Gasteiger partial charge in [-0.1, -0.05) is 37.0 Å². The number of benzene rings is 1. The molecule has 1 N–H and O–H groups in total. The summed E-state index contributed by atoms with van der Waals surface area (Å²) in [5.41, 5.74) is 0.161. The molecule has 1 heterocycles. The Kier molecular flexibility index (Phi) is 9.92. The summed E-state index contributed by atoms with van der Waals surface area (Å²) in [6.07, 6.45) is 0.448. The third-order valence-corrected chi connectivity index (χ3v) is 6.57. The molecule has 1 saturated heterocycles. The zero-order chi connectivity index (χ0) is 24.0. The molecule has 2 rings (SSSR count). The molecule has 0 aromatic heterocycles. The Balaban J connectivity index is 2.07.